The van der Waals surface area contributed by atoms with Crippen molar-refractivity contribution in [3.63, 3.8) is 0 Å². The van der Waals surface area contributed by atoms with Crippen LogP contribution in [0.1, 0.15) is 0 Å². The van der Waals surface area contributed by atoms with Crippen LogP contribution in [0.5, 0.6) is 0 Å². The summed E-state index contributed by atoms with van der Waals surface area (Å²) in [7, 11) is 0. The topological polar surface area (TPSA) is 110 Å². The summed E-state index contributed by atoms with van der Waals surface area (Å²) in [6.07, 6.45) is 0. The molecule has 0 fully saturated rings. The van der Waals surface area contributed by atoms with Crippen LogP contribution in [0.2, 0.25) is 0 Å². The number of benzene rings is 13. The van der Waals surface area contributed by atoms with Gasteiger partial charge in [0, 0.05) is 67.5 Å². The summed E-state index contributed by atoms with van der Waals surface area (Å²) >= 11 is 0. The molecule has 0 saturated heterocycles. The van der Waals surface area contributed by atoms with Crippen molar-refractivity contribution in [1.82, 2.24) is 30.4 Å². The monoisotopic (exact) mass is 1210 g/mol. The number of rotatable bonds is 16. The van der Waals surface area contributed by atoms with E-state index < -0.39 is 0 Å². The first-order chi connectivity index (χ1) is 46.6. The molecule has 10 nitrogen and oxygen atoms in total. The molecule has 0 N–H and O–H groups in total. The molecule has 13 aromatic carbocycles. The zero-order chi connectivity index (χ0) is 62.6. The molecule has 0 unspecified atom stereocenters. The molecule has 0 aliphatic heterocycles. The Morgan fingerprint density at radius 3 is 0.734 bits per heavy atom. The zero-order valence-electron chi connectivity index (χ0n) is 50.7. The Bertz CT molecular complexity index is 4930. The Morgan fingerprint density at radius 2 is 0.426 bits per heavy atom. The number of aromatic nitrogens is 6. The number of nitrogens with zero attached hydrogens (tertiary/aromatic N) is 8. The minimum absolute atomic E-state index is 0.447. The third-order valence-corrected chi connectivity index (χ3v) is 16.9. The van der Waals surface area contributed by atoms with E-state index in [0.29, 0.717) is 23.6 Å². The third-order valence-electron chi connectivity index (χ3n) is 16.9. The summed E-state index contributed by atoms with van der Waals surface area (Å²) in [5, 5.41) is 17.6. The fourth-order valence-electron chi connectivity index (χ4n) is 12.3. The van der Waals surface area contributed by atoms with Gasteiger partial charge in [-0.1, -0.05) is 206 Å². The first-order valence-electron chi connectivity index (χ1n) is 31.2. The van der Waals surface area contributed by atoms with Crippen LogP contribution in [0.25, 0.3) is 124 Å². The van der Waals surface area contributed by atoms with E-state index in [2.05, 4.69) is 273 Å². The van der Waals surface area contributed by atoms with Gasteiger partial charge in [0.2, 0.25) is 23.6 Å². The lowest BCUT2D eigenvalue weighted by molar-refractivity contribution is 0.584. The van der Waals surface area contributed by atoms with Gasteiger partial charge in [-0.2, -0.15) is 0 Å². The van der Waals surface area contributed by atoms with Gasteiger partial charge in [0.1, 0.15) is 0 Å². The fourth-order valence-corrected chi connectivity index (χ4v) is 12.3. The van der Waals surface area contributed by atoms with Crippen molar-refractivity contribution in [1.29, 1.82) is 0 Å². The second kappa shape index (κ2) is 25.2. The average molecular weight is 1210 g/mol. The van der Waals surface area contributed by atoms with Crippen molar-refractivity contribution in [3.8, 4) is 113 Å². The largest absolute Gasteiger partial charge is 0.416 e. The summed E-state index contributed by atoms with van der Waals surface area (Å²) in [4.78, 5) is 16.0. The predicted octanol–water partition coefficient (Wildman–Crippen LogP) is 22.0. The molecule has 3 aromatic heterocycles. The van der Waals surface area contributed by atoms with Crippen LogP contribution in [0.3, 0.4) is 0 Å². The van der Waals surface area contributed by atoms with Gasteiger partial charge in [0.15, 0.2) is 0 Å². The van der Waals surface area contributed by atoms with Gasteiger partial charge in [-0.3, -0.25) is 0 Å². The normalized spacial score (nSPS) is 11.2. The highest BCUT2D eigenvalue weighted by molar-refractivity contribution is 6.02. The highest BCUT2D eigenvalue weighted by Gasteiger charge is 2.23. The van der Waals surface area contributed by atoms with E-state index >= 15 is 0 Å². The molecule has 10 heteroatoms. The quantitative estimate of drug-likeness (QED) is 0.0927. The van der Waals surface area contributed by atoms with Crippen LogP contribution in [-0.2, 0) is 0 Å². The van der Waals surface area contributed by atoms with Gasteiger partial charge in [0.25, 0.3) is 0 Å². The Labute approximate surface area is 543 Å². The second-order valence-corrected chi connectivity index (χ2v) is 22.7. The van der Waals surface area contributed by atoms with Crippen molar-refractivity contribution in [2.75, 3.05) is 9.80 Å². The smallest absolute Gasteiger partial charge is 0.248 e. The third kappa shape index (κ3) is 11.2. The maximum Gasteiger partial charge on any atom is 0.248 e. The Morgan fingerprint density at radius 1 is 0.191 bits per heavy atom. The maximum absolute atomic E-state index is 6.17. The summed E-state index contributed by atoms with van der Waals surface area (Å²) in [5.41, 5.74) is 22.8. The number of hydrogen-bond acceptors (Lipinski definition) is 10. The molecule has 0 aliphatic carbocycles. The zero-order valence-corrected chi connectivity index (χ0v) is 50.7. The molecule has 444 valence electrons. The van der Waals surface area contributed by atoms with E-state index in [0.717, 1.165) is 134 Å². The van der Waals surface area contributed by atoms with E-state index in [1.54, 1.807) is 0 Å². The van der Waals surface area contributed by atoms with Crippen molar-refractivity contribution < 1.29 is 8.83 Å². The molecule has 0 amide bonds. The standard InChI is InChI=1S/C84H56N8O2/c1-7-23-57(24-8-1)71-35-19-21-37-73(71)75-55-77-78(56-76(75)74-38-22-20-36-72(74)58-25-9-2-10-26-58)86-80(60-41-49-68(50-42-60)92(66-33-17-6-18-34-66)70-53-45-64(46-54-70)84-90-88-82(94-84)62-29-13-4-14-30-62)79(85-77)59-39-47-67(48-40-59)91(65-31-15-5-16-32-65)69-51-43-63(44-52-69)83-89-87-81(93-83)61-27-11-3-12-28-61/h1-56H. The van der Waals surface area contributed by atoms with Gasteiger partial charge >= 0.3 is 0 Å². The highest BCUT2D eigenvalue weighted by Crippen LogP contribution is 2.46. The lowest BCUT2D eigenvalue weighted by Crippen LogP contribution is -2.10. The van der Waals surface area contributed by atoms with E-state index in [4.69, 9.17) is 18.8 Å². The molecule has 0 spiro atoms. The predicted molar refractivity (Wildman–Crippen MR) is 379 cm³/mol. The van der Waals surface area contributed by atoms with E-state index in [1.165, 1.54) is 0 Å². The molecule has 0 radical (unpaired) electrons. The van der Waals surface area contributed by atoms with E-state index in [9.17, 15) is 0 Å². The Kier molecular flexibility index (Phi) is 15.1. The first-order valence-corrected chi connectivity index (χ1v) is 31.2. The van der Waals surface area contributed by atoms with Crippen molar-refractivity contribution in [2.24, 2.45) is 0 Å². The summed E-state index contributed by atoms with van der Waals surface area (Å²) < 4.78 is 12.3. The number of hydrogen-bond donors (Lipinski definition) is 0. The van der Waals surface area contributed by atoms with Crippen LogP contribution >= 0.6 is 0 Å². The van der Waals surface area contributed by atoms with Crippen LogP contribution < -0.4 is 9.80 Å². The van der Waals surface area contributed by atoms with Crippen molar-refractivity contribution in [3.05, 3.63) is 340 Å². The molecule has 3 heterocycles. The Hall–Kier alpha value is -12.9. The Balaban J connectivity index is 0.832. The van der Waals surface area contributed by atoms with Gasteiger partial charge in [-0.05, 0) is 178 Å². The van der Waals surface area contributed by atoms with Gasteiger partial charge in [-0.25, -0.2) is 9.97 Å². The first kappa shape index (κ1) is 56.3. The van der Waals surface area contributed by atoms with Gasteiger partial charge in [-0.15, -0.1) is 20.4 Å². The molecule has 94 heavy (non-hydrogen) atoms. The molecule has 0 saturated carbocycles. The van der Waals surface area contributed by atoms with Crippen LogP contribution in [0.4, 0.5) is 34.1 Å². The fraction of sp³-hybridized carbons (Fsp3) is 0. The number of para-hydroxylation sites is 2. The van der Waals surface area contributed by atoms with Gasteiger partial charge < -0.3 is 18.6 Å². The average Bonchev–Trinajstić information content (AvgIpc) is 0.889. The minimum atomic E-state index is 0.447. The lowest BCUT2D eigenvalue weighted by atomic mass is 9.86. The summed E-state index contributed by atoms with van der Waals surface area (Å²) in [6, 6.07) is 117. The number of anilines is 6. The molecule has 0 bridgehead atoms. The van der Waals surface area contributed by atoms with E-state index in [-0.39, 0.29) is 0 Å². The molecule has 16 aromatic rings. The van der Waals surface area contributed by atoms with Crippen molar-refractivity contribution in [2.45, 2.75) is 0 Å². The molecule has 16 rings (SSSR count). The molecule has 0 aliphatic rings. The van der Waals surface area contributed by atoms with Crippen LogP contribution in [-0.4, -0.2) is 30.4 Å². The van der Waals surface area contributed by atoms with Crippen LogP contribution in [0.15, 0.2) is 349 Å². The SMILES string of the molecule is c1ccc(-c2nnc(-c3ccc(N(c4ccccc4)c4ccc(-c5nc6cc(-c7ccccc7-c7ccccc7)c(-c7ccccc7-c7ccccc7)cc6nc5-c5ccc(N(c6ccccc6)c6ccc(-c7nnc(-c8ccccc8)o7)cc6)cc5)cc4)cc3)o2)cc1. The summed E-state index contributed by atoms with van der Waals surface area (Å²) in [6.45, 7) is 0. The lowest BCUT2D eigenvalue weighted by Gasteiger charge is -2.26. The maximum atomic E-state index is 6.17. The summed E-state index contributed by atoms with van der Waals surface area (Å²) in [5.74, 6) is 1.84. The highest BCUT2D eigenvalue weighted by atomic mass is 16.4. The van der Waals surface area contributed by atoms with Crippen molar-refractivity contribution >= 4 is 45.2 Å². The van der Waals surface area contributed by atoms with Crippen LogP contribution in [0, 0.1) is 0 Å². The second-order valence-electron chi connectivity index (χ2n) is 22.7. The van der Waals surface area contributed by atoms with Gasteiger partial charge in [0.05, 0.1) is 22.4 Å². The van der Waals surface area contributed by atoms with E-state index in [1.807, 2.05) is 97.1 Å². The number of fused-ring (bicyclic) bond motifs is 1. The molecule has 0 atom stereocenters. The molecular formula is C84H56N8O2. The minimum Gasteiger partial charge on any atom is -0.416 e. The molecular weight excluding hydrogens is 1150 g/mol.